The first kappa shape index (κ1) is 20.8. The number of hydrogen-bond donors (Lipinski definition) is 1. The monoisotopic (exact) mass is 413 g/mol. The number of carbonyl (C=O) groups is 3. The van der Waals surface area contributed by atoms with Gasteiger partial charge in [-0.15, -0.1) is 0 Å². The number of cyclic esters (lactones) is 1. The lowest BCUT2D eigenvalue weighted by Crippen LogP contribution is -2.45. The highest BCUT2D eigenvalue weighted by Crippen LogP contribution is 2.43. The standard InChI is InChI=1S/C23H31N3O4/c1-16-13-18(24-17(2)27)5-6-20(16)21(28)26-11-7-23(8-12-26)14-19(30-22(23)29)15-25-9-3-4-10-25/h5-6,13,19H,3-4,7-12,14-15H2,1-2H3,(H,24,27). The molecule has 3 aliphatic heterocycles. The van der Waals surface area contributed by atoms with Crippen LogP contribution in [0.4, 0.5) is 5.69 Å². The van der Waals surface area contributed by atoms with Crippen molar-refractivity contribution in [1.29, 1.82) is 0 Å². The maximum atomic E-state index is 13.0. The Hall–Kier alpha value is -2.41. The van der Waals surface area contributed by atoms with Gasteiger partial charge < -0.3 is 15.0 Å². The SMILES string of the molecule is CC(=O)Nc1ccc(C(=O)N2CCC3(CC2)CC(CN2CCCC2)OC3=O)c(C)c1. The zero-order valence-electron chi connectivity index (χ0n) is 17.9. The molecule has 1 aromatic carbocycles. The number of nitrogens with one attached hydrogen (secondary N) is 1. The first-order valence-electron chi connectivity index (χ1n) is 11.0. The first-order valence-corrected chi connectivity index (χ1v) is 11.0. The quantitative estimate of drug-likeness (QED) is 0.768. The van der Waals surface area contributed by atoms with Gasteiger partial charge in [0.2, 0.25) is 5.91 Å². The minimum atomic E-state index is -0.425. The number of carbonyl (C=O) groups excluding carboxylic acids is 3. The zero-order valence-corrected chi connectivity index (χ0v) is 17.9. The summed E-state index contributed by atoms with van der Waals surface area (Å²) in [5.41, 5.74) is 1.73. The van der Waals surface area contributed by atoms with E-state index in [9.17, 15) is 14.4 Å². The number of nitrogens with zero attached hydrogens (tertiary/aromatic N) is 2. The minimum Gasteiger partial charge on any atom is -0.461 e. The number of amides is 2. The number of rotatable bonds is 4. The third-order valence-electron chi connectivity index (χ3n) is 6.77. The van der Waals surface area contributed by atoms with Gasteiger partial charge in [-0.3, -0.25) is 19.3 Å². The Morgan fingerprint density at radius 2 is 1.87 bits per heavy atom. The van der Waals surface area contributed by atoms with Gasteiger partial charge in [-0.05, 0) is 69.5 Å². The van der Waals surface area contributed by atoms with E-state index < -0.39 is 5.41 Å². The van der Waals surface area contributed by atoms with Crippen LogP contribution in [-0.4, -0.2) is 66.4 Å². The molecule has 1 atom stereocenters. The number of aryl methyl sites for hydroxylation is 1. The van der Waals surface area contributed by atoms with Gasteiger partial charge in [-0.1, -0.05) is 0 Å². The minimum absolute atomic E-state index is 0.0126. The molecule has 2 amide bonds. The van der Waals surface area contributed by atoms with Crippen molar-refractivity contribution in [3.63, 3.8) is 0 Å². The highest BCUT2D eigenvalue weighted by molar-refractivity contribution is 5.97. The molecule has 7 nitrogen and oxygen atoms in total. The van der Waals surface area contributed by atoms with Gasteiger partial charge in [0.05, 0.1) is 5.41 Å². The fourth-order valence-electron chi connectivity index (χ4n) is 5.09. The van der Waals surface area contributed by atoms with Crippen LogP contribution in [0.5, 0.6) is 0 Å². The Labute approximate surface area is 177 Å². The van der Waals surface area contributed by atoms with Gasteiger partial charge in [0.15, 0.2) is 0 Å². The summed E-state index contributed by atoms with van der Waals surface area (Å²) in [5.74, 6) is -0.229. The maximum absolute atomic E-state index is 13.0. The Kier molecular flexibility index (Phi) is 5.82. The number of anilines is 1. The summed E-state index contributed by atoms with van der Waals surface area (Å²) in [6.45, 7) is 7.51. The molecule has 3 heterocycles. The van der Waals surface area contributed by atoms with Crippen molar-refractivity contribution in [2.24, 2.45) is 5.41 Å². The highest BCUT2D eigenvalue weighted by atomic mass is 16.6. The number of likely N-dealkylation sites (tertiary alicyclic amines) is 2. The summed E-state index contributed by atoms with van der Waals surface area (Å²) < 4.78 is 5.74. The van der Waals surface area contributed by atoms with Crippen molar-refractivity contribution in [3.8, 4) is 0 Å². The van der Waals surface area contributed by atoms with Crippen molar-refractivity contribution in [3.05, 3.63) is 29.3 Å². The molecule has 0 saturated carbocycles. The van der Waals surface area contributed by atoms with E-state index in [-0.39, 0.29) is 23.9 Å². The van der Waals surface area contributed by atoms with Crippen LogP contribution >= 0.6 is 0 Å². The van der Waals surface area contributed by atoms with Gasteiger partial charge in [-0.25, -0.2) is 0 Å². The van der Waals surface area contributed by atoms with Crippen LogP contribution in [0.1, 0.15) is 54.9 Å². The molecule has 162 valence electrons. The topological polar surface area (TPSA) is 79.0 Å². The molecule has 1 unspecified atom stereocenters. The molecule has 1 N–H and O–H groups in total. The molecule has 30 heavy (non-hydrogen) atoms. The van der Waals surface area contributed by atoms with Crippen molar-refractivity contribution in [2.75, 3.05) is 38.0 Å². The van der Waals surface area contributed by atoms with E-state index in [1.807, 2.05) is 17.9 Å². The van der Waals surface area contributed by atoms with Gasteiger partial charge in [0, 0.05) is 44.2 Å². The molecule has 0 aliphatic carbocycles. The molecule has 0 aromatic heterocycles. The number of benzene rings is 1. The summed E-state index contributed by atoms with van der Waals surface area (Å²) in [6.07, 6.45) is 4.55. The van der Waals surface area contributed by atoms with Crippen molar-refractivity contribution in [1.82, 2.24) is 9.80 Å². The van der Waals surface area contributed by atoms with Crippen LogP contribution in [0.15, 0.2) is 18.2 Å². The molecule has 0 bridgehead atoms. The Bertz CT molecular complexity index is 839. The van der Waals surface area contributed by atoms with Crippen LogP contribution < -0.4 is 5.32 Å². The summed E-state index contributed by atoms with van der Waals surface area (Å²) in [4.78, 5) is 41.2. The molecule has 1 aromatic rings. The molecule has 3 saturated heterocycles. The molecule has 3 fully saturated rings. The van der Waals surface area contributed by atoms with Crippen molar-refractivity contribution in [2.45, 2.75) is 52.1 Å². The van der Waals surface area contributed by atoms with E-state index >= 15 is 0 Å². The third-order valence-corrected chi connectivity index (χ3v) is 6.77. The predicted molar refractivity (Wildman–Crippen MR) is 113 cm³/mol. The second kappa shape index (κ2) is 8.38. The van der Waals surface area contributed by atoms with Crippen LogP contribution in [-0.2, 0) is 14.3 Å². The lowest BCUT2D eigenvalue weighted by molar-refractivity contribution is -0.151. The average Bonchev–Trinajstić information content (AvgIpc) is 3.30. The predicted octanol–water partition coefficient (Wildman–Crippen LogP) is 2.59. The number of piperidine rings is 1. The summed E-state index contributed by atoms with van der Waals surface area (Å²) in [7, 11) is 0. The van der Waals surface area contributed by atoms with Gasteiger partial charge in [0.25, 0.3) is 5.91 Å². The molecule has 0 radical (unpaired) electrons. The second-order valence-electron chi connectivity index (χ2n) is 9.02. The number of hydrogen-bond acceptors (Lipinski definition) is 5. The molecule has 7 heteroatoms. The molecular formula is C23H31N3O4. The van der Waals surface area contributed by atoms with E-state index in [2.05, 4.69) is 10.2 Å². The maximum Gasteiger partial charge on any atom is 0.312 e. The van der Waals surface area contributed by atoms with Gasteiger partial charge >= 0.3 is 5.97 Å². The van der Waals surface area contributed by atoms with Crippen molar-refractivity contribution >= 4 is 23.5 Å². The van der Waals surface area contributed by atoms with Crippen molar-refractivity contribution < 1.29 is 19.1 Å². The number of ether oxygens (including phenoxy) is 1. The van der Waals surface area contributed by atoms with E-state index in [0.717, 1.165) is 31.6 Å². The first-order chi connectivity index (χ1) is 14.4. The van der Waals surface area contributed by atoms with E-state index in [1.54, 1.807) is 12.1 Å². The van der Waals surface area contributed by atoms with E-state index in [0.29, 0.717) is 37.2 Å². The fraction of sp³-hybridized carbons (Fsp3) is 0.609. The van der Waals surface area contributed by atoms with E-state index in [4.69, 9.17) is 4.74 Å². The highest BCUT2D eigenvalue weighted by Gasteiger charge is 2.51. The number of esters is 1. The van der Waals surface area contributed by atoms with Gasteiger partial charge in [-0.2, -0.15) is 0 Å². The fourth-order valence-corrected chi connectivity index (χ4v) is 5.09. The summed E-state index contributed by atoms with van der Waals surface area (Å²) in [5, 5.41) is 2.74. The average molecular weight is 414 g/mol. The Morgan fingerprint density at radius 1 is 1.17 bits per heavy atom. The summed E-state index contributed by atoms with van der Waals surface area (Å²) >= 11 is 0. The lowest BCUT2D eigenvalue weighted by atomic mass is 9.76. The molecule has 1 spiro atoms. The lowest BCUT2D eigenvalue weighted by Gasteiger charge is -2.36. The largest absolute Gasteiger partial charge is 0.461 e. The zero-order chi connectivity index (χ0) is 21.3. The smallest absolute Gasteiger partial charge is 0.312 e. The van der Waals surface area contributed by atoms with E-state index in [1.165, 1.54) is 19.8 Å². The summed E-state index contributed by atoms with van der Waals surface area (Å²) in [6, 6.07) is 5.34. The third kappa shape index (κ3) is 4.21. The molecule has 3 aliphatic rings. The van der Waals surface area contributed by atoms with Crippen LogP contribution in [0.25, 0.3) is 0 Å². The van der Waals surface area contributed by atoms with Gasteiger partial charge in [0.1, 0.15) is 6.10 Å². The van der Waals surface area contributed by atoms with Crippen LogP contribution in [0, 0.1) is 12.3 Å². The second-order valence-corrected chi connectivity index (χ2v) is 9.02. The van der Waals surface area contributed by atoms with Crippen LogP contribution in [0.2, 0.25) is 0 Å². The Balaban J connectivity index is 1.36. The molecule has 4 rings (SSSR count). The van der Waals surface area contributed by atoms with Crippen LogP contribution in [0.3, 0.4) is 0 Å². The normalized spacial score (nSPS) is 23.6. The Morgan fingerprint density at radius 3 is 2.50 bits per heavy atom. The molecular weight excluding hydrogens is 382 g/mol.